The zero-order valence-electron chi connectivity index (χ0n) is 11.2. The highest BCUT2D eigenvalue weighted by atomic mass is 19.1. The van der Waals surface area contributed by atoms with Gasteiger partial charge >= 0.3 is 0 Å². The van der Waals surface area contributed by atoms with Gasteiger partial charge in [0, 0.05) is 13.1 Å². The number of hydrogen-bond acceptors (Lipinski definition) is 2. The smallest absolute Gasteiger partial charge is 0.146 e. The van der Waals surface area contributed by atoms with Crippen molar-refractivity contribution in [3.05, 3.63) is 29.6 Å². The average Bonchev–Trinajstić information content (AvgIpc) is 2.54. The molecule has 0 aliphatic carbocycles. The van der Waals surface area contributed by atoms with Crippen molar-refractivity contribution < 1.29 is 9.50 Å². The van der Waals surface area contributed by atoms with Gasteiger partial charge in [-0.05, 0) is 49.8 Å². The molecule has 1 heterocycles. The summed E-state index contributed by atoms with van der Waals surface area (Å²) in [6, 6.07) is 5.07. The largest absolute Gasteiger partial charge is 0.389 e. The minimum Gasteiger partial charge on any atom is -0.389 e. The predicted octanol–water partition coefficient (Wildman–Crippen LogP) is 3.51. The van der Waals surface area contributed by atoms with Crippen LogP contribution in [0.4, 0.5) is 10.1 Å². The van der Waals surface area contributed by atoms with Crippen LogP contribution < -0.4 is 4.90 Å². The van der Waals surface area contributed by atoms with Crippen molar-refractivity contribution in [1.82, 2.24) is 0 Å². The highest BCUT2D eigenvalue weighted by molar-refractivity contribution is 5.49. The molecule has 0 bridgehead atoms. The number of anilines is 1. The third-order valence-corrected chi connectivity index (χ3v) is 3.81. The number of hydrogen-bond donors (Lipinski definition) is 1. The zero-order valence-corrected chi connectivity index (χ0v) is 11.2. The Morgan fingerprint density at radius 2 is 2.11 bits per heavy atom. The topological polar surface area (TPSA) is 23.5 Å². The van der Waals surface area contributed by atoms with Crippen LogP contribution in [-0.2, 0) is 0 Å². The van der Waals surface area contributed by atoms with Gasteiger partial charge in [-0.2, -0.15) is 0 Å². The van der Waals surface area contributed by atoms with Gasteiger partial charge < -0.3 is 10.0 Å². The van der Waals surface area contributed by atoms with Crippen LogP contribution in [0, 0.1) is 11.7 Å². The molecule has 3 heteroatoms. The van der Waals surface area contributed by atoms with Crippen LogP contribution >= 0.6 is 0 Å². The van der Waals surface area contributed by atoms with E-state index in [9.17, 15) is 9.50 Å². The van der Waals surface area contributed by atoms with E-state index in [1.54, 1.807) is 13.0 Å². The van der Waals surface area contributed by atoms with Gasteiger partial charge in [-0.15, -0.1) is 0 Å². The molecule has 1 N–H and O–H groups in total. The fraction of sp³-hybridized carbons (Fsp3) is 0.600. The van der Waals surface area contributed by atoms with E-state index in [0.29, 0.717) is 11.3 Å². The number of nitrogens with zero attached hydrogens (tertiary/aromatic N) is 1. The summed E-state index contributed by atoms with van der Waals surface area (Å²) in [6.45, 7) is 5.76. The molecule has 0 aromatic heterocycles. The van der Waals surface area contributed by atoms with Crippen molar-refractivity contribution in [1.29, 1.82) is 0 Å². The molecular weight excluding hydrogens is 229 g/mol. The van der Waals surface area contributed by atoms with Crippen molar-refractivity contribution in [2.45, 2.75) is 39.2 Å². The number of halogens is 1. The van der Waals surface area contributed by atoms with E-state index in [4.69, 9.17) is 0 Å². The van der Waals surface area contributed by atoms with Gasteiger partial charge in [0.25, 0.3) is 0 Å². The van der Waals surface area contributed by atoms with Crippen molar-refractivity contribution in [3.63, 3.8) is 0 Å². The van der Waals surface area contributed by atoms with E-state index in [1.807, 2.05) is 6.07 Å². The van der Waals surface area contributed by atoms with Crippen LogP contribution in [-0.4, -0.2) is 18.2 Å². The standard InChI is InChI=1S/C15H22FNO/c1-11-4-3-8-17(9-7-11)15-6-5-13(12(2)18)10-14(15)16/h5-6,10-12,18H,3-4,7-9H2,1-2H3/t11?,12-/m1/s1. The summed E-state index contributed by atoms with van der Waals surface area (Å²) < 4.78 is 14.1. The molecule has 1 aliphatic rings. The summed E-state index contributed by atoms with van der Waals surface area (Å²) in [5.74, 6) is 0.512. The second-order valence-corrected chi connectivity index (χ2v) is 5.41. The Morgan fingerprint density at radius 3 is 2.78 bits per heavy atom. The van der Waals surface area contributed by atoms with Crippen LogP contribution in [0.25, 0.3) is 0 Å². The van der Waals surface area contributed by atoms with Crippen LogP contribution in [0.5, 0.6) is 0 Å². The molecule has 0 radical (unpaired) electrons. The quantitative estimate of drug-likeness (QED) is 0.869. The van der Waals surface area contributed by atoms with E-state index < -0.39 is 6.10 Å². The SMILES string of the molecule is CC1CCCN(c2ccc([C@@H](C)O)cc2F)CC1. The first-order valence-corrected chi connectivity index (χ1v) is 6.80. The van der Waals surface area contributed by atoms with Gasteiger partial charge in [0.15, 0.2) is 0 Å². The molecule has 1 fully saturated rings. The van der Waals surface area contributed by atoms with Crippen molar-refractivity contribution in [2.75, 3.05) is 18.0 Å². The van der Waals surface area contributed by atoms with Crippen molar-refractivity contribution in [3.8, 4) is 0 Å². The van der Waals surface area contributed by atoms with E-state index in [1.165, 1.54) is 12.5 Å². The van der Waals surface area contributed by atoms with Crippen LogP contribution in [0.3, 0.4) is 0 Å². The molecule has 100 valence electrons. The first-order chi connectivity index (χ1) is 8.58. The Hall–Kier alpha value is -1.09. The summed E-state index contributed by atoms with van der Waals surface area (Å²) in [6.07, 6.45) is 2.86. The molecule has 1 unspecified atom stereocenters. The molecule has 0 saturated carbocycles. The Bertz CT molecular complexity index is 405. The van der Waals surface area contributed by atoms with E-state index in [-0.39, 0.29) is 5.82 Å². The monoisotopic (exact) mass is 251 g/mol. The number of aliphatic hydroxyl groups is 1. The summed E-state index contributed by atoms with van der Waals surface area (Å²) in [7, 11) is 0. The second-order valence-electron chi connectivity index (χ2n) is 5.41. The maximum absolute atomic E-state index is 14.1. The van der Waals surface area contributed by atoms with Gasteiger partial charge in [0.05, 0.1) is 11.8 Å². The molecular formula is C15H22FNO. The molecule has 2 rings (SSSR count). The summed E-state index contributed by atoms with van der Waals surface area (Å²) in [5, 5.41) is 9.45. The number of aliphatic hydroxyl groups excluding tert-OH is 1. The molecule has 0 amide bonds. The highest BCUT2D eigenvalue weighted by Crippen LogP contribution is 2.27. The third-order valence-electron chi connectivity index (χ3n) is 3.81. The van der Waals surface area contributed by atoms with Crippen LogP contribution in [0.2, 0.25) is 0 Å². The Kier molecular flexibility index (Phi) is 4.23. The summed E-state index contributed by atoms with van der Waals surface area (Å²) >= 11 is 0. The minimum absolute atomic E-state index is 0.219. The average molecular weight is 251 g/mol. The lowest BCUT2D eigenvalue weighted by Crippen LogP contribution is -2.25. The van der Waals surface area contributed by atoms with Crippen molar-refractivity contribution in [2.24, 2.45) is 5.92 Å². The predicted molar refractivity (Wildman–Crippen MR) is 72.3 cm³/mol. The molecule has 2 atom stereocenters. The van der Waals surface area contributed by atoms with E-state index in [2.05, 4.69) is 11.8 Å². The van der Waals surface area contributed by atoms with E-state index in [0.717, 1.165) is 31.8 Å². The molecule has 18 heavy (non-hydrogen) atoms. The maximum atomic E-state index is 14.1. The Morgan fingerprint density at radius 1 is 1.33 bits per heavy atom. The maximum Gasteiger partial charge on any atom is 0.146 e. The Balaban J connectivity index is 2.17. The van der Waals surface area contributed by atoms with Gasteiger partial charge in [0.2, 0.25) is 0 Å². The fourth-order valence-electron chi connectivity index (χ4n) is 2.54. The van der Waals surface area contributed by atoms with Crippen LogP contribution in [0.1, 0.15) is 44.8 Å². The molecule has 0 spiro atoms. The first kappa shape index (κ1) is 13.3. The Labute approximate surface area is 108 Å². The lowest BCUT2D eigenvalue weighted by atomic mass is 10.0. The lowest BCUT2D eigenvalue weighted by molar-refractivity contribution is 0.199. The minimum atomic E-state index is -0.613. The van der Waals surface area contributed by atoms with Crippen molar-refractivity contribution >= 4 is 5.69 Å². The molecule has 1 saturated heterocycles. The summed E-state index contributed by atoms with van der Waals surface area (Å²) in [4.78, 5) is 2.13. The second kappa shape index (κ2) is 5.70. The molecule has 1 aliphatic heterocycles. The zero-order chi connectivity index (χ0) is 13.1. The molecule has 2 nitrogen and oxygen atoms in total. The van der Waals surface area contributed by atoms with Gasteiger partial charge in [-0.25, -0.2) is 4.39 Å². The first-order valence-electron chi connectivity index (χ1n) is 6.80. The fourth-order valence-corrected chi connectivity index (χ4v) is 2.54. The lowest BCUT2D eigenvalue weighted by Gasteiger charge is -2.24. The van der Waals surface area contributed by atoms with Gasteiger partial charge in [-0.3, -0.25) is 0 Å². The summed E-state index contributed by atoms with van der Waals surface area (Å²) in [5.41, 5.74) is 1.31. The van der Waals surface area contributed by atoms with Crippen LogP contribution in [0.15, 0.2) is 18.2 Å². The third kappa shape index (κ3) is 3.02. The highest BCUT2D eigenvalue weighted by Gasteiger charge is 2.17. The van der Waals surface area contributed by atoms with Gasteiger partial charge in [-0.1, -0.05) is 13.0 Å². The van der Waals surface area contributed by atoms with Gasteiger partial charge in [0.1, 0.15) is 5.82 Å². The molecule has 1 aromatic rings. The number of benzene rings is 1. The van der Waals surface area contributed by atoms with E-state index >= 15 is 0 Å². The number of rotatable bonds is 2. The molecule has 1 aromatic carbocycles. The normalized spacial score (nSPS) is 22.7.